The van der Waals surface area contributed by atoms with Crippen LogP contribution in [0.4, 0.5) is 8.78 Å². The predicted molar refractivity (Wildman–Crippen MR) is 54.2 cm³/mol. The maximum atomic E-state index is 13.6. The van der Waals surface area contributed by atoms with Gasteiger partial charge in [0.1, 0.15) is 17.4 Å². The fourth-order valence-electron chi connectivity index (χ4n) is 2.08. The molecule has 86 valence electrons. The van der Waals surface area contributed by atoms with E-state index in [4.69, 9.17) is 4.74 Å². The third-order valence-corrected chi connectivity index (χ3v) is 2.84. The number of Topliss-reactive ketones (excluding diaryl/α,β-unsaturated/α-hetero) is 1. The quantitative estimate of drug-likeness (QED) is 0.789. The summed E-state index contributed by atoms with van der Waals surface area (Å²) in [5.41, 5.74) is -0.424. The highest BCUT2D eigenvalue weighted by molar-refractivity contribution is 5.77. The van der Waals surface area contributed by atoms with Crippen molar-refractivity contribution in [3.05, 3.63) is 35.4 Å². The van der Waals surface area contributed by atoms with Gasteiger partial charge in [-0.3, -0.25) is 4.79 Å². The molecule has 1 heterocycles. The van der Waals surface area contributed by atoms with Crippen molar-refractivity contribution in [3.63, 3.8) is 0 Å². The first-order valence-corrected chi connectivity index (χ1v) is 5.06. The number of halogens is 2. The zero-order valence-electron chi connectivity index (χ0n) is 8.93. The molecule has 1 aromatic carbocycles. The van der Waals surface area contributed by atoms with Gasteiger partial charge in [-0.1, -0.05) is 0 Å². The Morgan fingerprint density at radius 1 is 1.44 bits per heavy atom. The lowest BCUT2D eigenvalue weighted by Crippen LogP contribution is -2.48. The molecule has 2 rings (SSSR count). The molecule has 0 saturated carbocycles. The van der Waals surface area contributed by atoms with E-state index in [1.165, 1.54) is 6.92 Å². The Balaban J connectivity index is 2.39. The Morgan fingerprint density at radius 3 is 2.62 bits per heavy atom. The van der Waals surface area contributed by atoms with Crippen molar-refractivity contribution in [3.8, 4) is 0 Å². The summed E-state index contributed by atoms with van der Waals surface area (Å²) in [6.07, 6.45) is 0.188. The lowest BCUT2D eigenvalue weighted by atomic mass is 9.74. The molecule has 0 unspecified atom stereocenters. The maximum Gasteiger partial charge on any atom is 0.130 e. The van der Waals surface area contributed by atoms with Crippen LogP contribution in [0.3, 0.4) is 0 Å². The zero-order valence-corrected chi connectivity index (χ0v) is 8.93. The van der Waals surface area contributed by atoms with Gasteiger partial charge in [-0.25, -0.2) is 8.78 Å². The van der Waals surface area contributed by atoms with E-state index in [2.05, 4.69) is 0 Å². The highest BCUT2D eigenvalue weighted by Gasteiger charge is 2.43. The van der Waals surface area contributed by atoms with E-state index in [1.54, 1.807) is 0 Å². The van der Waals surface area contributed by atoms with Crippen LogP contribution in [0.1, 0.15) is 18.9 Å². The molecule has 2 nitrogen and oxygen atoms in total. The molecule has 1 aliphatic rings. The summed E-state index contributed by atoms with van der Waals surface area (Å²) in [6.45, 7) is 1.98. The molecule has 0 aliphatic carbocycles. The van der Waals surface area contributed by atoms with E-state index in [9.17, 15) is 13.6 Å². The molecule has 4 heteroatoms. The summed E-state index contributed by atoms with van der Waals surface area (Å²) < 4.78 is 31.7. The first-order valence-electron chi connectivity index (χ1n) is 5.06. The Kier molecular flexibility index (Phi) is 2.76. The van der Waals surface area contributed by atoms with Crippen LogP contribution >= 0.6 is 0 Å². The Bertz CT molecular complexity index is 425. The van der Waals surface area contributed by atoms with Crippen LogP contribution in [0.25, 0.3) is 0 Å². The second kappa shape index (κ2) is 3.94. The van der Waals surface area contributed by atoms with Crippen molar-refractivity contribution in [2.75, 3.05) is 13.2 Å². The molecule has 0 amide bonds. The number of ketones is 1. The number of carbonyl (C=O) groups excluding carboxylic acids is 1. The average molecular weight is 226 g/mol. The van der Waals surface area contributed by atoms with Crippen molar-refractivity contribution in [1.29, 1.82) is 0 Å². The largest absolute Gasteiger partial charge is 0.379 e. The fraction of sp³-hybridized carbons (Fsp3) is 0.417. The normalized spacial score (nSPS) is 17.9. The number of rotatable bonds is 3. The van der Waals surface area contributed by atoms with Gasteiger partial charge in [0.25, 0.3) is 0 Å². The molecular weight excluding hydrogens is 214 g/mol. The van der Waals surface area contributed by atoms with E-state index in [0.717, 1.165) is 18.2 Å². The highest BCUT2D eigenvalue weighted by Crippen LogP contribution is 2.37. The SMILES string of the molecule is CC(=O)CC1(c2cc(F)ccc2F)COC1. The molecule has 0 spiro atoms. The third-order valence-electron chi connectivity index (χ3n) is 2.84. The average Bonchev–Trinajstić information content (AvgIpc) is 2.15. The van der Waals surface area contributed by atoms with Crippen LogP contribution in [0.15, 0.2) is 18.2 Å². The van der Waals surface area contributed by atoms with Gasteiger partial charge in [0.05, 0.1) is 18.6 Å². The number of carbonyl (C=O) groups is 1. The number of benzene rings is 1. The predicted octanol–water partition coefficient (Wildman–Crippen LogP) is 2.21. The van der Waals surface area contributed by atoms with Gasteiger partial charge in [0.15, 0.2) is 0 Å². The fourth-order valence-corrected chi connectivity index (χ4v) is 2.08. The first-order chi connectivity index (χ1) is 7.53. The second-order valence-corrected chi connectivity index (χ2v) is 4.28. The van der Waals surface area contributed by atoms with Crippen molar-refractivity contribution < 1.29 is 18.3 Å². The summed E-state index contributed by atoms with van der Waals surface area (Å²) in [7, 11) is 0. The summed E-state index contributed by atoms with van der Waals surface area (Å²) in [6, 6.07) is 3.31. The Hall–Kier alpha value is -1.29. The minimum atomic E-state index is -0.669. The van der Waals surface area contributed by atoms with E-state index in [1.807, 2.05) is 0 Å². The standard InChI is InChI=1S/C12H12F2O2/c1-8(15)5-12(6-16-7-12)10-4-9(13)2-3-11(10)14/h2-4H,5-7H2,1H3. The zero-order chi connectivity index (χ0) is 11.8. The molecule has 0 bridgehead atoms. The lowest BCUT2D eigenvalue weighted by molar-refractivity contribution is -0.125. The minimum Gasteiger partial charge on any atom is -0.379 e. The van der Waals surface area contributed by atoms with E-state index < -0.39 is 17.0 Å². The topological polar surface area (TPSA) is 26.3 Å². The van der Waals surface area contributed by atoms with E-state index >= 15 is 0 Å². The van der Waals surface area contributed by atoms with Crippen LogP contribution in [0.2, 0.25) is 0 Å². The van der Waals surface area contributed by atoms with Crippen LogP contribution < -0.4 is 0 Å². The van der Waals surface area contributed by atoms with Gasteiger partial charge in [0.2, 0.25) is 0 Å². The summed E-state index contributed by atoms with van der Waals surface area (Å²) >= 11 is 0. The summed E-state index contributed by atoms with van der Waals surface area (Å²) in [4.78, 5) is 11.1. The van der Waals surface area contributed by atoms with E-state index in [-0.39, 0.29) is 31.0 Å². The molecule has 0 N–H and O–H groups in total. The monoisotopic (exact) mass is 226 g/mol. The van der Waals surface area contributed by atoms with Crippen molar-refractivity contribution in [2.24, 2.45) is 0 Å². The molecule has 16 heavy (non-hydrogen) atoms. The van der Waals surface area contributed by atoms with Gasteiger partial charge in [0, 0.05) is 12.0 Å². The Morgan fingerprint density at radius 2 is 2.12 bits per heavy atom. The van der Waals surface area contributed by atoms with Gasteiger partial charge < -0.3 is 4.74 Å². The number of ether oxygens (including phenoxy) is 1. The van der Waals surface area contributed by atoms with Crippen LogP contribution in [-0.4, -0.2) is 19.0 Å². The van der Waals surface area contributed by atoms with Crippen LogP contribution in [0.5, 0.6) is 0 Å². The van der Waals surface area contributed by atoms with Gasteiger partial charge in [-0.15, -0.1) is 0 Å². The van der Waals surface area contributed by atoms with Crippen molar-refractivity contribution in [1.82, 2.24) is 0 Å². The van der Waals surface area contributed by atoms with E-state index in [0.29, 0.717) is 0 Å². The van der Waals surface area contributed by atoms with Crippen molar-refractivity contribution >= 4 is 5.78 Å². The molecule has 1 fully saturated rings. The molecule has 0 aromatic heterocycles. The molecule has 1 aromatic rings. The smallest absolute Gasteiger partial charge is 0.130 e. The number of hydrogen-bond donors (Lipinski definition) is 0. The highest BCUT2D eigenvalue weighted by atomic mass is 19.1. The summed E-state index contributed by atoms with van der Waals surface area (Å²) in [5.74, 6) is -1.02. The van der Waals surface area contributed by atoms with Crippen molar-refractivity contribution in [2.45, 2.75) is 18.8 Å². The van der Waals surface area contributed by atoms with Crippen LogP contribution in [-0.2, 0) is 14.9 Å². The molecular formula is C12H12F2O2. The first kappa shape index (κ1) is 11.2. The second-order valence-electron chi connectivity index (χ2n) is 4.28. The lowest BCUT2D eigenvalue weighted by Gasteiger charge is -2.41. The number of hydrogen-bond acceptors (Lipinski definition) is 2. The van der Waals surface area contributed by atoms with Gasteiger partial charge in [-0.05, 0) is 25.1 Å². The molecule has 0 atom stereocenters. The van der Waals surface area contributed by atoms with Crippen LogP contribution in [0, 0.1) is 11.6 Å². The molecule has 1 saturated heterocycles. The summed E-state index contributed by atoms with van der Waals surface area (Å²) in [5, 5.41) is 0. The third kappa shape index (κ3) is 1.85. The maximum absolute atomic E-state index is 13.6. The molecule has 1 aliphatic heterocycles. The molecule has 0 radical (unpaired) electrons. The minimum absolute atomic E-state index is 0.0491. The Labute approximate surface area is 92.2 Å². The van der Waals surface area contributed by atoms with Gasteiger partial charge in [-0.2, -0.15) is 0 Å². The van der Waals surface area contributed by atoms with Gasteiger partial charge >= 0.3 is 0 Å².